The summed E-state index contributed by atoms with van der Waals surface area (Å²) in [6.07, 6.45) is 1.49. The van der Waals surface area contributed by atoms with Crippen LogP contribution in [0.15, 0.2) is 41.6 Å². The molecule has 0 unspecified atom stereocenters. The largest absolute Gasteiger partial charge is 0.383 e. The lowest BCUT2D eigenvalue weighted by Gasteiger charge is -2.21. The fourth-order valence-electron chi connectivity index (χ4n) is 2.76. The molecule has 2 heterocycles. The van der Waals surface area contributed by atoms with Gasteiger partial charge in [-0.1, -0.05) is 32.0 Å². The Morgan fingerprint density at radius 1 is 1.35 bits per heavy atom. The third-order valence-corrected chi connectivity index (χ3v) is 6.89. The molecule has 0 spiro atoms. The molecule has 0 amide bonds. The van der Waals surface area contributed by atoms with Crippen LogP contribution in [0.1, 0.15) is 37.4 Å². The van der Waals surface area contributed by atoms with Crippen LogP contribution in [0.25, 0.3) is 10.1 Å². The highest BCUT2D eigenvalue weighted by atomic mass is 32.2. The summed E-state index contributed by atoms with van der Waals surface area (Å²) in [7, 11) is -2.03. The molecular formula is C18H23N3O3S2. The van der Waals surface area contributed by atoms with Gasteiger partial charge in [0.2, 0.25) is 0 Å². The van der Waals surface area contributed by atoms with Crippen LogP contribution >= 0.6 is 11.3 Å². The minimum absolute atomic E-state index is 0.0316. The first-order valence-corrected chi connectivity index (χ1v) is 10.6. The monoisotopic (exact) mass is 393 g/mol. The summed E-state index contributed by atoms with van der Waals surface area (Å²) in [5, 5.41) is 11.8. The quantitative estimate of drug-likeness (QED) is 0.674. The maximum absolute atomic E-state index is 12.6. The third kappa shape index (κ3) is 3.68. The molecule has 8 heteroatoms. The van der Waals surface area contributed by atoms with Gasteiger partial charge in [0.15, 0.2) is 5.03 Å². The van der Waals surface area contributed by atoms with E-state index in [-0.39, 0.29) is 17.5 Å². The Kier molecular flexibility index (Phi) is 4.96. The van der Waals surface area contributed by atoms with Gasteiger partial charge in [0.1, 0.15) is 11.4 Å². The van der Waals surface area contributed by atoms with Crippen molar-refractivity contribution in [1.29, 1.82) is 0 Å². The first kappa shape index (κ1) is 19.0. The number of hydrogen-bond acceptors (Lipinski definition) is 5. The number of sulfonamides is 1. The molecule has 26 heavy (non-hydrogen) atoms. The molecule has 0 fully saturated rings. The van der Waals surface area contributed by atoms with Crippen LogP contribution in [0.3, 0.4) is 0 Å². The number of benzene rings is 1. The zero-order valence-corrected chi connectivity index (χ0v) is 16.9. The van der Waals surface area contributed by atoms with Crippen LogP contribution in [0.2, 0.25) is 0 Å². The van der Waals surface area contributed by atoms with Gasteiger partial charge in [-0.25, -0.2) is 18.1 Å². The van der Waals surface area contributed by atoms with Crippen molar-refractivity contribution in [3.63, 3.8) is 0 Å². The summed E-state index contributed by atoms with van der Waals surface area (Å²) < 4.78 is 30.4. The van der Waals surface area contributed by atoms with Crippen LogP contribution in [0.5, 0.6) is 0 Å². The number of fused-ring (bicyclic) bond motifs is 1. The standard InChI is InChI=1S/C18H23N3O3S2/c1-12(2)17-20-16(10-21(17)4)26(23,24)19-11-18(3,22)15-9-13-7-5-6-8-14(13)25-15/h5-10,12,19,22H,11H2,1-4H3/t18-/m1/s1. The van der Waals surface area contributed by atoms with Gasteiger partial charge in [0.05, 0.1) is 0 Å². The number of nitrogens with one attached hydrogen (secondary N) is 1. The third-order valence-electron chi connectivity index (χ3n) is 4.24. The Morgan fingerprint density at radius 3 is 2.65 bits per heavy atom. The molecule has 140 valence electrons. The van der Waals surface area contributed by atoms with Gasteiger partial charge in [0.25, 0.3) is 10.0 Å². The molecule has 3 aromatic rings. The van der Waals surface area contributed by atoms with Gasteiger partial charge in [-0.05, 0) is 24.4 Å². The van der Waals surface area contributed by atoms with E-state index < -0.39 is 15.6 Å². The van der Waals surface area contributed by atoms with Crippen LogP contribution in [-0.2, 0) is 22.7 Å². The van der Waals surface area contributed by atoms with Gasteiger partial charge in [-0.3, -0.25) is 0 Å². The average Bonchev–Trinajstić information content (AvgIpc) is 3.17. The minimum atomic E-state index is -3.80. The molecule has 0 saturated heterocycles. The fourth-order valence-corrected chi connectivity index (χ4v) is 5.00. The van der Waals surface area contributed by atoms with Crippen molar-refractivity contribution in [1.82, 2.24) is 14.3 Å². The zero-order chi connectivity index (χ0) is 19.1. The number of imidazole rings is 1. The molecule has 0 bridgehead atoms. The highest BCUT2D eigenvalue weighted by Gasteiger charge is 2.29. The summed E-state index contributed by atoms with van der Waals surface area (Å²) in [5.74, 6) is 0.812. The van der Waals surface area contributed by atoms with Crippen LogP contribution in [0.4, 0.5) is 0 Å². The first-order chi connectivity index (χ1) is 12.1. The highest BCUT2D eigenvalue weighted by molar-refractivity contribution is 7.89. The van der Waals surface area contributed by atoms with E-state index in [0.717, 1.165) is 10.1 Å². The first-order valence-electron chi connectivity index (χ1n) is 8.34. The molecule has 0 saturated carbocycles. The zero-order valence-electron chi connectivity index (χ0n) is 15.2. The molecule has 2 aromatic heterocycles. The normalized spacial score (nSPS) is 14.8. The summed E-state index contributed by atoms with van der Waals surface area (Å²) in [5.41, 5.74) is -1.31. The van der Waals surface area contributed by atoms with Gasteiger partial charge in [-0.15, -0.1) is 11.3 Å². The van der Waals surface area contributed by atoms with E-state index in [2.05, 4.69) is 9.71 Å². The van der Waals surface area contributed by atoms with E-state index in [1.54, 1.807) is 18.5 Å². The second kappa shape index (κ2) is 6.77. The summed E-state index contributed by atoms with van der Waals surface area (Å²) in [6, 6.07) is 9.71. The number of aryl methyl sites for hydroxylation is 1. The number of rotatable bonds is 6. The topological polar surface area (TPSA) is 84.2 Å². The van der Waals surface area contributed by atoms with Crippen molar-refractivity contribution in [2.24, 2.45) is 7.05 Å². The lowest BCUT2D eigenvalue weighted by molar-refractivity contribution is 0.0666. The summed E-state index contributed by atoms with van der Waals surface area (Å²) >= 11 is 1.46. The molecular weight excluding hydrogens is 370 g/mol. The Hall–Kier alpha value is -1.74. The summed E-state index contributed by atoms with van der Waals surface area (Å²) in [4.78, 5) is 4.94. The Labute approximate surface area is 157 Å². The second-order valence-electron chi connectivity index (χ2n) is 6.95. The van der Waals surface area contributed by atoms with Gasteiger partial charge >= 0.3 is 0 Å². The van der Waals surface area contributed by atoms with E-state index >= 15 is 0 Å². The Bertz CT molecular complexity index is 1000. The molecule has 0 radical (unpaired) electrons. The maximum atomic E-state index is 12.6. The molecule has 3 rings (SSSR count). The molecule has 2 N–H and O–H groups in total. The Balaban J connectivity index is 1.80. The van der Waals surface area contributed by atoms with Crippen molar-refractivity contribution >= 4 is 31.4 Å². The molecule has 1 atom stereocenters. The van der Waals surface area contributed by atoms with Gasteiger partial charge in [0, 0.05) is 35.3 Å². The lowest BCUT2D eigenvalue weighted by Crippen LogP contribution is -2.38. The van der Waals surface area contributed by atoms with E-state index in [1.165, 1.54) is 17.5 Å². The minimum Gasteiger partial charge on any atom is -0.383 e. The lowest BCUT2D eigenvalue weighted by atomic mass is 10.1. The van der Waals surface area contributed by atoms with E-state index in [1.807, 2.05) is 44.2 Å². The molecule has 1 aromatic carbocycles. The fraction of sp³-hybridized carbons (Fsp3) is 0.389. The number of hydrogen-bond donors (Lipinski definition) is 2. The Morgan fingerprint density at radius 2 is 2.04 bits per heavy atom. The van der Waals surface area contributed by atoms with Crippen molar-refractivity contribution < 1.29 is 13.5 Å². The number of aliphatic hydroxyl groups is 1. The van der Waals surface area contributed by atoms with Gasteiger partial charge in [-0.2, -0.15) is 0 Å². The molecule has 0 aliphatic heterocycles. The number of aromatic nitrogens is 2. The van der Waals surface area contributed by atoms with Crippen molar-refractivity contribution in [2.75, 3.05) is 6.54 Å². The SMILES string of the molecule is CC(C)c1nc(S(=O)(=O)NC[C@@](C)(O)c2cc3ccccc3s2)cn1C. The summed E-state index contributed by atoms with van der Waals surface area (Å²) in [6.45, 7) is 5.39. The van der Waals surface area contributed by atoms with Crippen molar-refractivity contribution in [2.45, 2.75) is 37.3 Å². The van der Waals surface area contributed by atoms with Crippen molar-refractivity contribution in [3.8, 4) is 0 Å². The van der Waals surface area contributed by atoms with Crippen molar-refractivity contribution in [3.05, 3.63) is 47.2 Å². The van der Waals surface area contributed by atoms with Crippen LogP contribution in [-0.4, -0.2) is 29.6 Å². The highest BCUT2D eigenvalue weighted by Crippen LogP contribution is 2.33. The smallest absolute Gasteiger partial charge is 0.259 e. The molecule has 0 aliphatic rings. The predicted molar refractivity (Wildman–Crippen MR) is 104 cm³/mol. The van der Waals surface area contributed by atoms with E-state index in [0.29, 0.717) is 10.7 Å². The van der Waals surface area contributed by atoms with Gasteiger partial charge < -0.3 is 9.67 Å². The predicted octanol–water partition coefficient (Wildman–Crippen LogP) is 2.94. The van der Waals surface area contributed by atoms with E-state index in [9.17, 15) is 13.5 Å². The number of thiophene rings is 1. The maximum Gasteiger partial charge on any atom is 0.259 e. The van der Waals surface area contributed by atoms with Crippen LogP contribution < -0.4 is 4.72 Å². The second-order valence-corrected chi connectivity index (χ2v) is 9.75. The molecule has 0 aliphatic carbocycles. The van der Waals surface area contributed by atoms with Crippen LogP contribution in [0, 0.1) is 0 Å². The number of nitrogens with zero attached hydrogens (tertiary/aromatic N) is 2. The molecule has 6 nitrogen and oxygen atoms in total. The van der Waals surface area contributed by atoms with E-state index in [4.69, 9.17) is 0 Å². The average molecular weight is 394 g/mol.